The van der Waals surface area contributed by atoms with Gasteiger partial charge in [-0.15, -0.1) is 0 Å². The predicted octanol–water partition coefficient (Wildman–Crippen LogP) is 7.89. The first-order chi connectivity index (χ1) is 11.8. The van der Waals surface area contributed by atoms with Crippen molar-refractivity contribution >= 4 is 5.97 Å². The third-order valence-corrected chi connectivity index (χ3v) is 4.99. The number of carboxylic acids is 1. The van der Waals surface area contributed by atoms with Crippen LogP contribution < -0.4 is 0 Å². The first-order valence-corrected chi connectivity index (χ1v) is 11.0. The maximum Gasteiger partial charge on any atom is 0.303 e. The smallest absolute Gasteiger partial charge is 0.303 e. The van der Waals surface area contributed by atoms with Gasteiger partial charge in [-0.25, -0.2) is 0 Å². The molecule has 0 spiro atoms. The van der Waals surface area contributed by atoms with E-state index in [2.05, 4.69) is 6.92 Å². The van der Waals surface area contributed by atoms with Crippen LogP contribution in [0.25, 0.3) is 0 Å². The van der Waals surface area contributed by atoms with Crippen LogP contribution in [0.4, 0.5) is 0 Å². The largest absolute Gasteiger partial charge is 0.481 e. The van der Waals surface area contributed by atoms with Gasteiger partial charge >= 0.3 is 5.97 Å². The molecule has 0 radical (unpaired) electrons. The van der Waals surface area contributed by atoms with Crippen LogP contribution in [0.1, 0.15) is 135 Å². The molecule has 0 saturated heterocycles. The fourth-order valence-electron chi connectivity index (χ4n) is 3.35. The van der Waals surface area contributed by atoms with Gasteiger partial charge in [0.2, 0.25) is 0 Å². The average Bonchev–Trinajstić information content (AvgIpc) is 2.56. The summed E-state index contributed by atoms with van der Waals surface area (Å²) in [4.78, 5) is 10.4. The topological polar surface area (TPSA) is 37.3 Å². The standard InChI is InChI=1S/C22H44O2.Fe.Zn/c1-2-3-4-5-6-7-8-9-10-11-12-13-14-15-16-17-18-19-20-21-22(23)24;;/h2-21H2,1H3,(H,23,24);;. The van der Waals surface area contributed by atoms with Crippen LogP contribution in [0.15, 0.2) is 0 Å². The number of hydrogen-bond donors (Lipinski definition) is 1. The maximum absolute atomic E-state index is 10.4. The van der Waals surface area contributed by atoms with Crippen LogP contribution >= 0.6 is 0 Å². The minimum atomic E-state index is -0.651. The van der Waals surface area contributed by atoms with Gasteiger partial charge in [0.1, 0.15) is 0 Å². The van der Waals surface area contributed by atoms with Gasteiger partial charge in [-0.3, -0.25) is 4.79 Å². The fraction of sp³-hybridized carbons (Fsp3) is 0.955. The second-order valence-corrected chi connectivity index (χ2v) is 7.51. The quantitative estimate of drug-likeness (QED) is 0.148. The molecule has 0 aliphatic carbocycles. The van der Waals surface area contributed by atoms with Gasteiger partial charge in [0.25, 0.3) is 0 Å². The Balaban J connectivity index is -0.00000264. The first kappa shape index (κ1) is 31.3. The van der Waals surface area contributed by atoms with Crippen molar-refractivity contribution in [3.05, 3.63) is 0 Å². The van der Waals surface area contributed by atoms with E-state index in [4.69, 9.17) is 5.11 Å². The van der Waals surface area contributed by atoms with Crippen LogP contribution in [0.5, 0.6) is 0 Å². The van der Waals surface area contributed by atoms with E-state index in [0.717, 1.165) is 12.8 Å². The Labute approximate surface area is 187 Å². The molecule has 0 fully saturated rings. The summed E-state index contributed by atoms with van der Waals surface area (Å²) in [7, 11) is 0. The second kappa shape index (κ2) is 27.8. The van der Waals surface area contributed by atoms with Crippen LogP contribution in [0.2, 0.25) is 0 Å². The Bertz CT molecular complexity index is 263. The predicted molar refractivity (Wildman–Crippen MR) is 106 cm³/mol. The van der Waals surface area contributed by atoms with E-state index in [9.17, 15) is 4.79 Å². The molecule has 0 rings (SSSR count). The average molecular weight is 462 g/mol. The molecule has 0 heterocycles. The third kappa shape index (κ3) is 29.4. The summed E-state index contributed by atoms with van der Waals surface area (Å²) in [6.07, 6.45) is 26.1. The van der Waals surface area contributed by atoms with Gasteiger partial charge in [-0.05, 0) is 6.42 Å². The van der Waals surface area contributed by atoms with E-state index >= 15 is 0 Å². The molecule has 0 unspecified atom stereocenters. The fourth-order valence-corrected chi connectivity index (χ4v) is 3.35. The summed E-state index contributed by atoms with van der Waals surface area (Å²) in [6, 6.07) is 0. The summed E-state index contributed by atoms with van der Waals surface area (Å²) < 4.78 is 0. The second-order valence-electron chi connectivity index (χ2n) is 7.51. The zero-order chi connectivity index (χ0) is 17.7. The van der Waals surface area contributed by atoms with E-state index in [-0.39, 0.29) is 36.5 Å². The summed E-state index contributed by atoms with van der Waals surface area (Å²) >= 11 is 0. The number of unbranched alkanes of at least 4 members (excludes halogenated alkanes) is 18. The van der Waals surface area contributed by atoms with Crippen molar-refractivity contribution in [1.82, 2.24) is 0 Å². The van der Waals surface area contributed by atoms with Crippen molar-refractivity contribution in [3.8, 4) is 0 Å². The van der Waals surface area contributed by atoms with Gasteiger partial charge in [-0.1, -0.05) is 122 Å². The molecule has 0 bridgehead atoms. The minimum absolute atomic E-state index is 0. The minimum Gasteiger partial charge on any atom is -0.481 e. The monoisotopic (exact) mass is 460 g/mol. The molecule has 26 heavy (non-hydrogen) atoms. The van der Waals surface area contributed by atoms with Crippen molar-refractivity contribution < 1.29 is 46.4 Å². The number of aliphatic carboxylic acids is 1. The van der Waals surface area contributed by atoms with Crippen LogP contribution in [-0.2, 0) is 41.3 Å². The summed E-state index contributed by atoms with van der Waals surface area (Å²) in [5.41, 5.74) is 0. The molecule has 0 aromatic rings. The van der Waals surface area contributed by atoms with Crippen molar-refractivity contribution in [2.75, 3.05) is 0 Å². The normalized spacial score (nSPS) is 10.2. The van der Waals surface area contributed by atoms with E-state index in [1.54, 1.807) is 0 Å². The molecule has 0 aromatic carbocycles. The molecular formula is C22H44FeO2Zn. The number of carboxylic acid groups (broad SMARTS) is 1. The van der Waals surface area contributed by atoms with Gasteiger partial charge in [0.05, 0.1) is 0 Å². The van der Waals surface area contributed by atoms with Crippen molar-refractivity contribution in [2.45, 2.75) is 135 Å². The maximum atomic E-state index is 10.4. The Morgan fingerprint density at radius 1 is 0.538 bits per heavy atom. The molecule has 0 saturated carbocycles. The van der Waals surface area contributed by atoms with Gasteiger partial charge in [-0.2, -0.15) is 0 Å². The molecule has 0 aliphatic heterocycles. The third-order valence-electron chi connectivity index (χ3n) is 4.99. The summed E-state index contributed by atoms with van der Waals surface area (Å²) in [5.74, 6) is -0.651. The Hall–Kier alpha value is 0.613. The van der Waals surface area contributed by atoms with E-state index in [0.29, 0.717) is 6.42 Å². The number of rotatable bonds is 20. The molecule has 154 valence electrons. The molecular weight excluding hydrogens is 417 g/mol. The molecule has 2 nitrogen and oxygen atoms in total. The Kier molecular flexibility index (Phi) is 33.5. The van der Waals surface area contributed by atoms with Crippen LogP contribution in [-0.4, -0.2) is 11.1 Å². The zero-order valence-electron chi connectivity index (χ0n) is 17.6. The number of carbonyl (C=O) groups is 1. The Morgan fingerprint density at radius 2 is 0.769 bits per heavy atom. The van der Waals surface area contributed by atoms with Gasteiger partial charge in [0.15, 0.2) is 0 Å². The van der Waals surface area contributed by atoms with E-state index < -0.39 is 5.97 Å². The molecule has 1 N–H and O–H groups in total. The molecule has 0 amide bonds. The van der Waals surface area contributed by atoms with Crippen molar-refractivity contribution in [1.29, 1.82) is 0 Å². The summed E-state index contributed by atoms with van der Waals surface area (Å²) in [6.45, 7) is 2.28. The molecule has 4 heteroatoms. The zero-order valence-corrected chi connectivity index (χ0v) is 21.6. The van der Waals surface area contributed by atoms with Crippen LogP contribution in [0, 0.1) is 0 Å². The number of hydrogen-bond acceptors (Lipinski definition) is 1. The van der Waals surface area contributed by atoms with Gasteiger partial charge in [0, 0.05) is 43.0 Å². The van der Waals surface area contributed by atoms with E-state index in [1.807, 2.05) is 0 Å². The molecule has 0 aromatic heterocycles. The Morgan fingerprint density at radius 3 is 1.00 bits per heavy atom. The van der Waals surface area contributed by atoms with E-state index in [1.165, 1.54) is 109 Å². The van der Waals surface area contributed by atoms with Crippen molar-refractivity contribution in [2.24, 2.45) is 0 Å². The molecule has 0 aliphatic rings. The van der Waals surface area contributed by atoms with Crippen LogP contribution in [0.3, 0.4) is 0 Å². The van der Waals surface area contributed by atoms with Crippen molar-refractivity contribution in [3.63, 3.8) is 0 Å². The first-order valence-electron chi connectivity index (χ1n) is 11.0. The molecule has 0 atom stereocenters. The van der Waals surface area contributed by atoms with Gasteiger partial charge < -0.3 is 5.11 Å². The summed E-state index contributed by atoms with van der Waals surface area (Å²) in [5, 5.41) is 8.56. The SMILES string of the molecule is CCCCCCCCCCCCCCCCCCCCCC(=O)O.[Fe].[Zn].